The van der Waals surface area contributed by atoms with Crippen molar-refractivity contribution in [3.05, 3.63) is 0 Å². The molecule has 0 aromatic carbocycles. The standard InChI is InChI=1S/C11H19NO2.3C2H6/c1-5-7-8(6-11(2,3)4)10(14)12-9(7)13;3*1-2/h7-8H,5-6H2,1-4H3,(H,12,13,14);3*1-2H3. The van der Waals surface area contributed by atoms with Crippen molar-refractivity contribution < 1.29 is 9.59 Å². The first-order valence-corrected chi connectivity index (χ1v) is 8.20. The highest BCUT2D eigenvalue weighted by molar-refractivity contribution is 6.05. The maximum atomic E-state index is 11.5. The van der Waals surface area contributed by atoms with Crippen LogP contribution in [-0.2, 0) is 9.59 Å². The summed E-state index contributed by atoms with van der Waals surface area (Å²) in [6.45, 7) is 20.2. The molecule has 1 fully saturated rings. The van der Waals surface area contributed by atoms with Crippen LogP contribution < -0.4 is 5.32 Å². The average molecular weight is 287 g/mol. The topological polar surface area (TPSA) is 46.2 Å². The predicted molar refractivity (Wildman–Crippen MR) is 88.5 cm³/mol. The largest absolute Gasteiger partial charge is 0.296 e. The monoisotopic (exact) mass is 287 g/mol. The highest BCUT2D eigenvalue weighted by Gasteiger charge is 2.41. The summed E-state index contributed by atoms with van der Waals surface area (Å²) < 4.78 is 0. The summed E-state index contributed by atoms with van der Waals surface area (Å²) >= 11 is 0. The number of amides is 2. The fourth-order valence-electron chi connectivity index (χ4n) is 2.04. The Labute approximate surface area is 126 Å². The number of carbonyl (C=O) groups excluding carboxylic acids is 2. The molecule has 1 heterocycles. The normalized spacial score (nSPS) is 20.5. The van der Waals surface area contributed by atoms with Crippen molar-refractivity contribution >= 4 is 11.8 Å². The Balaban J connectivity index is -0.000000425. The third-order valence-corrected chi connectivity index (χ3v) is 2.68. The van der Waals surface area contributed by atoms with Crippen LogP contribution in [0.4, 0.5) is 0 Å². The van der Waals surface area contributed by atoms with Crippen LogP contribution in [0.2, 0.25) is 0 Å². The van der Waals surface area contributed by atoms with Crippen molar-refractivity contribution in [1.29, 1.82) is 0 Å². The lowest BCUT2D eigenvalue weighted by Crippen LogP contribution is -2.24. The molecule has 0 aromatic rings. The van der Waals surface area contributed by atoms with E-state index >= 15 is 0 Å². The van der Waals surface area contributed by atoms with Gasteiger partial charge < -0.3 is 0 Å². The first-order valence-electron chi connectivity index (χ1n) is 8.20. The second kappa shape index (κ2) is 13.1. The van der Waals surface area contributed by atoms with Crippen LogP contribution >= 0.6 is 0 Å². The molecule has 20 heavy (non-hydrogen) atoms. The van der Waals surface area contributed by atoms with E-state index in [1.54, 1.807) is 0 Å². The molecule has 0 aliphatic carbocycles. The van der Waals surface area contributed by atoms with Gasteiger partial charge in [-0.15, -0.1) is 0 Å². The van der Waals surface area contributed by atoms with E-state index in [4.69, 9.17) is 0 Å². The Morgan fingerprint density at radius 2 is 1.20 bits per heavy atom. The Bertz CT molecular complexity index is 254. The van der Waals surface area contributed by atoms with E-state index in [9.17, 15) is 9.59 Å². The Morgan fingerprint density at radius 3 is 1.50 bits per heavy atom. The summed E-state index contributed by atoms with van der Waals surface area (Å²) in [6, 6.07) is 0. The number of rotatable bonds is 2. The van der Waals surface area contributed by atoms with Gasteiger partial charge in [0.05, 0.1) is 5.92 Å². The number of carbonyl (C=O) groups is 2. The van der Waals surface area contributed by atoms with Crippen LogP contribution in [0, 0.1) is 17.3 Å². The van der Waals surface area contributed by atoms with Gasteiger partial charge in [-0.1, -0.05) is 69.2 Å². The van der Waals surface area contributed by atoms with E-state index in [-0.39, 0.29) is 29.1 Å². The first kappa shape index (κ1) is 24.2. The maximum absolute atomic E-state index is 11.5. The molecule has 0 aromatic heterocycles. The Morgan fingerprint density at radius 1 is 0.850 bits per heavy atom. The Kier molecular flexibility index (Phi) is 15.9. The first-order chi connectivity index (χ1) is 9.35. The lowest BCUT2D eigenvalue weighted by molar-refractivity contribution is -0.126. The number of imide groups is 1. The van der Waals surface area contributed by atoms with Crippen molar-refractivity contribution in [2.24, 2.45) is 17.3 Å². The van der Waals surface area contributed by atoms with E-state index in [1.165, 1.54) is 0 Å². The molecule has 1 rings (SSSR count). The predicted octanol–water partition coefficient (Wildman–Crippen LogP) is 4.80. The van der Waals surface area contributed by atoms with Gasteiger partial charge in [-0.2, -0.15) is 0 Å². The highest BCUT2D eigenvalue weighted by Crippen LogP contribution is 2.33. The van der Waals surface area contributed by atoms with Gasteiger partial charge in [-0.3, -0.25) is 14.9 Å². The summed E-state index contributed by atoms with van der Waals surface area (Å²) in [5.74, 6) is -0.405. The van der Waals surface area contributed by atoms with Gasteiger partial charge in [-0.05, 0) is 18.3 Å². The molecule has 2 atom stereocenters. The van der Waals surface area contributed by atoms with Crippen molar-refractivity contribution in [3.8, 4) is 0 Å². The van der Waals surface area contributed by atoms with E-state index in [0.29, 0.717) is 0 Å². The van der Waals surface area contributed by atoms with E-state index in [0.717, 1.165) is 12.8 Å². The minimum absolute atomic E-state index is 0.0863. The molecule has 1 N–H and O–H groups in total. The van der Waals surface area contributed by atoms with Gasteiger partial charge in [0.1, 0.15) is 0 Å². The summed E-state index contributed by atoms with van der Waals surface area (Å²) in [6.07, 6.45) is 1.53. The van der Waals surface area contributed by atoms with Crippen molar-refractivity contribution in [1.82, 2.24) is 5.32 Å². The molecule has 2 amide bonds. The van der Waals surface area contributed by atoms with Gasteiger partial charge in [0, 0.05) is 5.92 Å². The molecule has 1 aliphatic heterocycles. The second-order valence-electron chi connectivity index (χ2n) is 5.24. The van der Waals surface area contributed by atoms with Gasteiger partial charge in [-0.25, -0.2) is 0 Å². The number of hydrogen-bond acceptors (Lipinski definition) is 2. The molecule has 122 valence electrons. The molecule has 2 unspecified atom stereocenters. The molecule has 0 spiro atoms. The lowest BCUT2D eigenvalue weighted by atomic mass is 9.79. The quantitative estimate of drug-likeness (QED) is 0.741. The smallest absolute Gasteiger partial charge is 0.230 e. The average Bonchev–Trinajstić information content (AvgIpc) is 2.69. The number of nitrogens with one attached hydrogen (secondary N) is 1. The minimum Gasteiger partial charge on any atom is -0.296 e. The number of hydrogen-bond donors (Lipinski definition) is 1. The van der Waals surface area contributed by atoms with Crippen LogP contribution in [0.25, 0.3) is 0 Å². The highest BCUT2D eigenvalue weighted by atomic mass is 16.2. The van der Waals surface area contributed by atoms with Crippen LogP contribution in [0.15, 0.2) is 0 Å². The fourth-order valence-corrected chi connectivity index (χ4v) is 2.04. The fraction of sp³-hybridized carbons (Fsp3) is 0.882. The molecule has 1 saturated heterocycles. The van der Waals surface area contributed by atoms with Gasteiger partial charge in [0.2, 0.25) is 11.8 Å². The van der Waals surface area contributed by atoms with Gasteiger partial charge >= 0.3 is 0 Å². The van der Waals surface area contributed by atoms with Gasteiger partial charge in [0.15, 0.2) is 0 Å². The zero-order valence-corrected chi connectivity index (χ0v) is 15.4. The third kappa shape index (κ3) is 9.11. The van der Waals surface area contributed by atoms with Gasteiger partial charge in [0.25, 0.3) is 0 Å². The summed E-state index contributed by atoms with van der Waals surface area (Å²) in [5, 5.41) is 2.41. The molecule has 0 saturated carbocycles. The molecular formula is C17H37NO2. The molecule has 0 bridgehead atoms. The summed E-state index contributed by atoms with van der Waals surface area (Å²) in [4.78, 5) is 22.9. The maximum Gasteiger partial charge on any atom is 0.230 e. The van der Waals surface area contributed by atoms with E-state index < -0.39 is 0 Å². The molecule has 0 radical (unpaired) electrons. The van der Waals surface area contributed by atoms with E-state index in [2.05, 4.69) is 26.1 Å². The van der Waals surface area contributed by atoms with Crippen LogP contribution in [-0.4, -0.2) is 11.8 Å². The lowest BCUT2D eigenvalue weighted by Gasteiger charge is -2.23. The minimum atomic E-state index is -0.118. The summed E-state index contributed by atoms with van der Waals surface area (Å²) in [7, 11) is 0. The molecule has 1 aliphatic rings. The summed E-state index contributed by atoms with van der Waals surface area (Å²) in [5.41, 5.74) is 0.0973. The van der Waals surface area contributed by atoms with Crippen LogP contribution in [0.1, 0.15) is 82.1 Å². The van der Waals surface area contributed by atoms with Crippen molar-refractivity contribution in [2.45, 2.75) is 82.1 Å². The SMILES string of the molecule is CC.CC.CC.CCC1C(=O)NC(=O)C1CC(C)(C)C. The van der Waals surface area contributed by atoms with Crippen LogP contribution in [0.3, 0.4) is 0 Å². The molecular weight excluding hydrogens is 250 g/mol. The second-order valence-corrected chi connectivity index (χ2v) is 5.24. The molecule has 3 heteroatoms. The Hall–Kier alpha value is -0.860. The third-order valence-electron chi connectivity index (χ3n) is 2.68. The zero-order chi connectivity index (χ0) is 16.9. The zero-order valence-electron chi connectivity index (χ0n) is 15.4. The van der Waals surface area contributed by atoms with Crippen molar-refractivity contribution in [2.75, 3.05) is 0 Å². The van der Waals surface area contributed by atoms with Crippen molar-refractivity contribution in [3.63, 3.8) is 0 Å². The van der Waals surface area contributed by atoms with E-state index in [1.807, 2.05) is 48.5 Å². The molecule has 3 nitrogen and oxygen atoms in total. The van der Waals surface area contributed by atoms with Crippen LogP contribution in [0.5, 0.6) is 0 Å².